The molecule has 1 fully saturated rings. The summed E-state index contributed by atoms with van der Waals surface area (Å²) in [7, 11) is 0. The predicted molar refractivity (Wildman–Crippen MR) is 145 cm³/mol. The molecule has 2 heterocycles. The van der Waals surface area contributed by atoms with Gasteiger partial charge in [0.15, 0.2) is 6.29 Å². The highest BCUT2D eigenvalue weighted by atomic mass is 16.7. The van der Waals surface area contributed by atoms with E-state index in [1.54, 1.807) is 18.2 Å². The summed E-state index contributed by atoms with van der Waals surface area (Å²) in [6, 6.07) is 22.9. The fourth-order valence-corrected chi connectivity index (χ4v) is 4.88. The summed E-state index contributed by atoms with van der Waals surface area (Å²) >= 11 is 0. The third-order valence-electron chi connectivity index (χ3n) is 7.04. The van der Waals surface area contributed by atoms with Gasteiger partial charge < -0.3 is 29.6 Å². The van der Waals surface area contributed by atoms with Crippen LogP contribution in [0, 0.1) is 5.92 Å². The molecule has 1 aromatic heterocycles. The zero-order valence-electron chi connectivity index (χ0n) is 21.6. The molecule has 9 heteroatoms. The van der Waals surface area contributed by atoms with Gasteiger partial charge in [0.2, 0.25) is 5.91 Å². The Kier molecular flexibility index (Phi) is 8.02. The smallest absolute Gasteiger partial charge is 0.303 e. The van der Waals surface area contributed by atoms with Crippen molar-refractivity contribution in [1.29, 1.82) is 0 Å². The second kappa shape index (κ2) is 11.8. The fraction of sp³-hybridized carbons (Fsp3) is 0.300. The molecule has 0 radical (unpaired) electrons. The number of imidazole rings is 1. The second-order valence-electron chi connectivity index (χ2n) is 9.77. The molecule has 1 aliphatic heterocycles. The summed E-state index contributed by atoms with van der Waals surface area (Å²) in [6.45, 7) is 2.64. The van der Waals surface area contributed by atoms with Crippen LogP contribution in [0.4, 0.5) is 5.69 Å². The topological polar surface area (TPSA) is 123 Å². The van der Waals surface area contributed by atoms with E-state index in [1.807, 2.05) is 60.9 Å². The summed E-state index contributed by atoms with van der Waals surface area (Å²) in [5.74, 6) is -1.41. The SMILES string of the molecule is C[C@@H]1[C@H](Cn2cnc3ccccc32)O[C@H](c2cccc(NC(=O)CCC(=O)O)c2)O[C@@H]1c1ccc(CO)cc1. The Bertz CT molecular complexity index is 1450. The van der Waals surface area contributed by atoms with E-state index in [0.717, 1.165) is 27.7 Å². The molecule has 0 saturated carbocycles. The number of para-hydroxylation sites is 2. The minimum atomic E-state index is -1.02. The molecular formula is C30H31N3O6. The number of fused-ring (bicyclic) bond motifs is 1. The van der Waals surface area contributed by atoms with Crippen LogP contribution in [0.2, 0.25) is 0 Å². The number of hydrogen-bond acceptors (Lipinski definition) is 6. The van der Waals surface area contributed by atoms with Crippen molar-refractivity contribution in [3.05, 3.63) is 95.8 Å². The first-order valence-electron chi connectivity index (χ1n) is 12.9. The molecule has 9 nitrogen and oxygen atoms in total. The highest BCUT2D eigenvalue weighted by molar-refractivity contribution is 5.92. The molecule has 0 bridgehead atoms. The summed E-state index contributed by atoms with van der Waals surface area (Å²) in [5.41, 5.74) is 5.00. The van der Waals surface area contributed by atoms with Crippen molar-refractivity contribution in [2.24, 2.45) is 5.92 Å². The highest BCUT2D eigenvalue weighted by Gasteiger charge is 2.38. The van der Waals surface area contributed by atoms with Crippen LogP contribution in [-0.4, -0.2) is 37.7 Å². The number of aromatic nitrogens is 2. The van der Waals surface area contributed by atoms with Crippen LogP contribution in [0.15, 0.2) is 79.1 Å². The minimum Gasteiger partial charge on any atom is -0.481 e. The number of aliphatic hydroxyl groups excluding tert-OH is 1. The third-order valence-corrected chi connectivity index (χ3v) is 7.04. The maximum atomic E-state index is 12.2. The third kappa shape index (κ3) is 6.17. The number of carbonyl (C=O) groups is 2. The van der Waals surface area contributed by atoms with E-state index in [-0.39, 0.29) is 43.5 Å². The molecule has 3 N–H and O–H groups in total. The summed E-state index contributed by atoms with van der Waals surface area (Å²) < 4.78 is 15.1. The van der Waals surface area contributed by atoms with Gasteiger partial charge in [0, 0.05) is 23.6 Å². The molecule has 39 heavy (non-hydrogen) atoms. The number of anilines is 1. The number of nitrogens with zero attached hydrogens (tertiary/aromatic N) is 2. The lowest BCUT2D eigenvalue weighted by Crippen LogP contribution is -2.39. The van der Waals surface area contributed by atoms with Gasteiger partial charge >= 0.3 is 5.97 Å². The molecule has 0 aliphatic carbocycles. The monoisotopic (exact) mass is 529 g/mol. The first-order valence-corrected chi connectivity index (χ1v) is 12.9. The van der Waals surface area contributed by atoms with Crippen LogP contribution in [-0.2, 0) is 32.2 Å². The Morgan fingerprint density at radius 2 is 1.77 bits per heavy atom. The maximum Gasteiger partial charge on any atom is 0.303 e. The molecule has 1 amide bonds. The Morgan fingerprint density at radius 3 is 2.54 bits per heavy atom. The second-order valence-corrected chi connectivity index (χ2v) is 9.77. The quantitative estimate of drug-likeness (QED) is 0.284. The first kappa shape index (κ1) is 26.6. The van der Waals surface area contributed by atoms with Crippen molar-refractivity contribution in [2.45, 2.75) is 51.4 Å². The number of carbonyl (C=O) groups excluding carboxylic acids is 1. The van der Waals surface area contributed by atoms with E-state index in [0.29, 0.717) is 12.2 Å². The molecule has 1 aliphatic rings. The molecule has 0 spiro atoms. The number of rotatable bonds is 9. The van der Waals surface area contributed by atoms with Crippen LogP contribution >= 0.6 is 0 Å². The van der Waals surface area contributed by atoms with Gasteiger partial charge in [-0.15, -0.1) is 0 Å². The number of aliphatic hydroxyl groups is 1. The van der Waals surface area contributed by atoms with E-state index in [2.05, 4.69) is 21.8 Å². The van der Waals surface area contributed by atoms with Gasteiger partial charge in [0.25, 0.3) is 0 Å². The number of carboxylic acid groups (broad SMARTS) is 1. The summed E-state index contributed by atoms with van der Waals surface area (Å²) in [4.78, 5) is 27.5. The summed E-state index contributed by atoms with van der Waals surface area (Å²) in [6.07, 6.45) is 0.255. The van der Waals surface area contributed by atoms with Gasteiger partial charge in [-0.1, -0.05) is 55.5 Å². The van der Waals surface area contributed by atoms with Crippen molar-refractivity contribution < 1.29 is 29.3 Å². The largest absolute Gasteiger partial charge is 0.481 e. The van der Waals surface area contributed by atoms with Gasteiger partial charge in [-0.2, -0.15) is 0 Å². The molecule has 3 aromatic carbocycles. The summed E-state index contributed by atoms with van der Waals surface area (Å²) in [5, 5.41) is 21.1. The average molecular weight is 530 g/mol. The highest BCUT2D eigenvalue weighted by Crippen LogP contribution is 2.42. The van der Waals surface area contributed by atoms with E-state index >= 15 is 0 Å². The van der Waals surface area contributed by atoms with Crippen LogP contribution in [0.1, 0.15) is 48.8 Å². The molecule has 4 atom stereocenters. The standard InChI is InChI=1S/C30H31N3O6/c1-19-26(16-33-18-31-24-7-2-3-8-25(24)33)38-30(39-29(19)21-11-9-20(17-34)10-12-21)22-5-4-6-23(15-22)32-27(35)13-14-28(36)37/h2-12,15,18-19,26,29-30,34H,13-14,16-17H2,1H3,(H,32,35)(H,36,37)/t19-,26+,29+,30+/m1/s1. The lowest BCUT2D eigenvalue weighted by atomic mass is 9.90. The number of amides is 1. The zero-order chi connectivity index (χ0) is 27.4. The van der Waals surface area contributed by atoms with Gasteiger partial charge in [0.1, 0.15) is 0 Å². The number of hydrogen-bond donors (Lipinski definition) is 3. The molecule has 1 saturated heterocycles. The maximum absolute atomic E-state index is 12.2. The van der Waals surface area contributed by atoms with Crippen molar-refractivity contribution >= 4 is 28.6 Å². The average Bonchev–Trinajstić information content (AvgIpc) is 3.36. The number of carboxylic acids is 1. The number of ether oxygens (including phenoxy) is 2. The zero-order valence-corrected chi connectivity index (χ0v) is 21.6. The normalized spacial score (nSPS) is 21.1. The Hall–Kier alpha value is -4.05. The van der Waals surface area contributed by atoms with Crippen LogP contribution in [0.3, 0.4) is 0 Å². The molecular weight excluding hydrogens is 498 g/mol. The Morgan fingerprint density at radius 1 is 0.974 bits per heavy atom. The lowest BCUT2D eigenvalue weighted by molar-refractivity contribution is -0.276. The van der Waals surface area contributed by atoms with Crippen molar-refractivity contribution in [1.82, 2.24) is 9.55 Å². The van der Waals surface area contributed by atoms with Gasteiger partial charge in [0.05, 0.1) is 49.1 Å². The number of aliphatic carboxylic acids is 1. The number of nitrogens with one attached hydrogen (secondary N) is 1. The molecule has 4 aromatic rings. The molecule has 202 valence electrons. The van der Waals surface area contributed by atoms with E-state index in [1.165, 1.54) is 0 Å². The number of benzene rings is 3. The van der Waals surface area contributed by atoms with Crippen LogP contribution < -0.4 is 5.32 Å². The van der Waals surface area contributed by atoms with E-state index in [4.69, 9.17) is 14.6 Å². The van der Waals surface area contributed by atoms with Crippen LogP contribution in [0.25, 0.3) is 11.0 Å². The first-order chi connectivity index (χ1) is 18.9. The lowest BCUT2D eigenvalue weighted by Gasteiger charge is -2.41. The molecule has 0 unspecified atom stereocenters. The van der Waals surface area contributed by atoms with Gasteiger partial charge in [-0.05, 0) is 35.4 Å². The molecule has 5 rings (SSSR count). The van der Waals surface area contributed by atoms with Crippen LogP contribution in [0.5, 0.6) is 0 Å². The predicted octanol–water partition coefficient (Wildman–Crippen LogP) is 4.82. The van der Waals surface area contributed by atoms with Crippen molar-refractivity contribution in [3.8, 4) is 0 Å². The van der Waals surface area contributed by atoms with Crippen molar-refractivity contribution in [2.75, 3.05) is 5.32 Å². The Balaban J connectivity index is 1.42. The van der Waals surface area contributed by atoms with E-state index < -0.39 is 12.3 Å². The fourth-order valence-electron chi connectivity index (χ4n) is 4.88. The van der Waals surface area contributed by atoms with Gasteiger partial charge in [-0.25, -0.2) is 4.98 Å². The minimum absolute atomic E-state index is 0.0127. The van der Waals surface area contributed by atoms with Crippen molar-refractivity contribution in [3.63, 3.8) is 0 Å². The van der Waals surface area contributed by atoms with Gasteiger partial charge in [-0.3, -0.25) is 9.59 Å². The van der Waals surface area contributed by atoms with E-state index in [9.17, 15) is 14.7 Å². The Labute approximate surface area is 226 Å².